The summed E-state index contributed by atoms with van der Waals surface area (Å²) < 4.78 is 11.8. The normalized spacial score (nSPS) is 16.9. The summed E-state index contributed by atoms with van der Waals surface area (Å²) in [5, 5.41) is 3.42. The molecule has 0 aliphatic carbocycles. The highest BCUT2D eigenvalue weighted by atomic mass is 16.6. The third-order valence-corrected chi connectivity index (χ3v) is 3.43. The average molecular weight is 269 g/mol. The molecular formula is C17H19NO2. The molecule has 0 spiro atoms. The summed E-state index contributed by atoms with van der Waals surface area (Å²) in [5.74, 6) is 1.73. The summed E-state index contributed by atoms with van der Waals surface area (Å²) in [5.41, 5.74) is 2.40. The Morgan fingerprint density at radius 2 is 1.95 bits per heavy atom. The zero-order valence-electron chi connectivity index (χ0n) is 11.6. The van der Waals surface area contributed by atoms with Crippen LogP contribution in [0, 0.1) is 6.92 Å². The van der Waals surface area contributed by atoms with Gasteiger partial charge in [0.05, 0.1) is 0 Å². The fourth-order valence-corrected chi connectivity index (χ4v) is 2.35. The van der Waals surface area contributed by atoms with Gasteiger partial charge in [0.15, 0.2) is 11.5 Å². The van der Waals surface area contributed by atoms with E-state index in [1.807, 2.05) is 31.2 Å². The maximum atomic E-state index is 6.01. The SMILES string of the molecule is Cc1cccc2c1O[C@@H](CNCc1ccccc1)CO2. The van der Waals surface area contributed by atoms with Gasteiger partial charge in [-0.2, -0.15) is 0 Å². The number of fused-ring (bicyclic) bond motifs is 1. The Hall–Kier alpha value is -2.00. The number of rotatable bonds is 4. The van der Waals surface area contributed by atoms with Gasteiger partial charge in [-0.25, -0.2) is 0 Å². The molecule has 3 nitrogen and oxygen atoms in total. The first-order chi connectivity index (χ1) is 9.83. The highest BCUT2D eigenvalue weighted by Gasteiger charge is 2.21. The van der Waals surface area contributed by atoms with E-state index in [-0.39, 0.29) is 6.10 Å². The minimum atomic E-state index is 0.0623. The lowest BCUT2D eigenvalue weighted by molar-refractivity contribution is 0.0893. The molecule has 3 rings (SSSR count). The van der Waals surface area contributed by atoms with Gasteiger partial charge in [-0.05, 0) is 24.1 Å². The largest absolute Gasteiger partial charge is 0.486 e. The van der Waals surface area contributed by atoms with Gasteiger partial charge >= 0.3 is 0 Å². The highest BCUT2D eigenvalue weighted by molar-refractivity contribution is 5.46. The zero-order valence-corrected chi connectivity index (χ0v) is 11.6. The summed E-state index contributed by atoms with van der Waals surface area (Å²) in [6.07, 6.45) is 0.0623. The van der Waals surface area contributed by atoms with E-state index in [2.05, 4.69) is 29.6 Å². The van der Waals surface area contributed by atoms with Crippen molar-refractivity contribution in [2.75, 3.05) is 13.2 Å². The molecule has 20 heavy (non-hydrogen) atoms. The van der Waals surface area contributed by atoms with Gasteiger partial charge in [0.2, 0.25) is 0 Å². The highest BCUT2D eigenvalue weighted by Crippen LogP contribution is 2.34. The van der Waals surface area contributed by atoms with Crippen molar-refractivity contribution in [1.82, 2.24) is 5.32 Å². The second-order valence-electron chi connectivity index (χ2n) is 5.07. The van der Waals surface area contributed by atoms with E-state index in [0.717, 1.165) is 30.2 Å². The van der Waals surface area contributed by atoms with Crippen molar-refractivity contribution >= 4 is 0 Å². The van der Waals surface area contributed by atoms with Crippen LogP contribution >= 0.6 is 0 Å². The van der Waals surface area contributed by atoms with Crippen LogP contribution in [-0.4, -0.2) is 19.3 Å². The Bertz CT molecular complexity index is 568. The molecule has 0 aromatic heterocycles. The second kappa shape index (κ2) is 5.97. The molecular weight excluding hydrogens is 250 g/mol. The minimum absolute atomic E-state index is 0.0623. The molecule has 0 bridgehead atoms. The number of para-hydroxylation sites is 1. The van der Waals surface area contributed by atoms with Gasteiger partial charge in [0.25, 0.3) is 0 Å². The number of aryl methyl sites for hydroxylation is 1. The summed E-state index contributed by atoms with van der Waals surface area (Å²) in [6, 6.07) is 16.4. The maximum Gasteiger partial charge on any atom is 0.164 e. The molecule has 0 saturated heterocycles. The third kappa shape index (κ3) is 2.94. The van der Waals surface area contributed by atoms with E-state index in [4.69, 9.17) is 9.47 Å². The van der Waals surface area contributed by atoms with Gasteiger partial charge < -0.3 is 14.8 Å². The molecule has 1 heterocycles. The van der Waals surface area contributed by atoms with E-state index >= 15 is 0 Å². The van der Waals surface area contributed by atoms with Crippen LogP contribution in [0.4, 0.5) is 0 Å². The number of hydrogen-bond donors (Lipinski definition) is 1. The van der Waals surface area contributed by atoms with Crippen LogP contribution in [0.3, 0.4) is 0 Å². The van der Waals surface area contributed by atoms with Crippen LogP contribution < -0.4 is 14.8 Å². The molecule has 0 saturated carbocycles. The van der Waals surface area contributed by atoms with E-state index in [1.54, 1.807) is 0 Å². The number of ether oxygens (including phenoxy) is 2. The molecule has 3 heteroatoms. The smallest absolute Gasteiger partial charge is 0.164 e. The van der Waals surface area contributed by atoms with Gasteiger partial charge in [-0.3, -0.25) is 0 Å². The van der Waals surface area contributed by atoms with Crippen LogP contribution in [-0.2, 0) is 6.54 Å². The van der Waals surface area contributed by atoms with Crippen LogP contribution in [0.5, 0.6) is 11.5 Å². The molecule has 0 fully saturated rings. The Labute approximate surface area is 119 Å². The van der Waals surface area contributed by atoms with Crippen molar-refractivity contribution in [1.29, 1.82) is 0 Å². The molecule has 0 radical (unpaired) electrons. The van der Waals surface area contributed by atoms with Crippen molar-refractivity contribution in [2.24, 2.45) is 0 Å². The summed E-state index contributed by atoms with van der Waals surface area (Å²) in [6.45, 7) is 4.27. The first-order valence-corrected chi connectivity index (χ1v) is 6.96. The summed E-state index contributed by atoms with van der Waals surface area (Å²) in [4.78, 5) is 0. The van der Waals surface area contributed by atoms with Gasteiger partial charge in [-0.15, -0.1) is 0 Å². The quantitative estimate of drug-likeness (QED) is 0.925. The van der Waals surface area contributed by atoms with E-state index in [1.165, 1.54) is 5.56 Å². The van der Waals surface area contributed by atoms with Crippen LogP contribution in [0.2, 0.25) is 0 Å². The molecule has 104 valence electrons. The monoisotopic (exact) mass is 269 g/mol. The molecule has 1 aliphatic heterocycles. The number of benzene rings is 2. The molecule has 0 unspecified atom stereocenters. The van der Waals surface area contributed by atoms with Crippen molar-refractivity contribution < 1.29 is 9.47 Å². The molecule has 0 amide bonds. The fourth-order valence-electron chi connectivity index (χ4n) is 2.35. The zero-order chi connectivity index (χ0) is 13.8. The van der Waals surface area contributed by atoms with Crippen LogP contribution in [0.1, 0.15) is 11.1 Å². The second-order valence-corrected chi connectivity index (χ2v) is 5.07. The first-order valence-electron chi connectivity index (χ1n) is 6.96. The average Bonchev–Trinajstić information content (AvgIpc) is 2.49. The lowest BCUT2D eigenvalue weighted by Gasteiger charge is -2.27. The van der Waals surface area contributed by atoms with Crippen molar-refractivity contribution in [2.45, 2.75) is 19.6 Å². The van der Waals surface area contributed by atoms with E-state index < -0.39 is 0 Å². The molecule has 1 N–H and O–H groups in total. The van der Waals surface area contributed by atoms with Crippen molar-refractivity contribution in [3.8, 4) is 11.5 Å². The predicted molar refractivity (Wildman–Crippen MR) is 79.2 cm³/mol. The van der Waals surface area contributed by atoms with E-state index in [0.29, 0.717) is 6.61 Å². The standard InChI is InChI=1S/C17H19NO2/c1-13-6-5-9-16-17(13)20-15(12-19-16)11-18-10-14-7-3-2-4-8-14/h2-9,15,18H,10-12H2,1H3/t15-/m0/s1. The van der Waals surface area contributed by atoms with Gasteiger partial charge in [0, 0.05) is 13.1 Å². The Kier molecular flexibility index (Phi) is 3.88. The lowest BCUT2D eigenvalue weighted by Crippen LogP contribution is -2.38. The fraction of sp³-hybridized carbons (Fsp3) is 0.294. The predicted octanol–water partition coefficient (Wildman–Crippen LogP) is 2.92. The van der Waals surface area contributed by atoms with Crippen molar-refractivity contribution in [3.05, 3.63) is 59.7 Å². The van der Waals surface area contributed by atoms with Gasteiger partial charge in [0.1, 0.15) is 12.7 Å². The number of hydrogen-bond acceptors (Lipinski definition) is 3. The van der Waals surface area contributed by atoms with Crippen molar-refractivity contribution in [3.63, 3.8) is 0 Å². The Balaban J connectivity index is 1.54. The van der Waals surface area contributed by atoms with E-state index in [9.17, 15) is 0 Å². The molecule has 2 aromatic carbocycles. The van der Waals surface area contributed by atoms with Gasteiger partial charge in [-0.1, -0.05) is 42.5 Å². The Morgan fingerprint density at radius 1 is 1.10 bits per heavy atom. The topological polar surface area (TPSA) is 30.5 Å². The minimum Gasteiger partial charge on any atom is -0.486 e. The first kappa shape index (κ1) is 13.0. The number of nitrogens with one attached hydrogen (secondary N) is 1. The summed E-state index contributed by atoms with van der Waals surface area (Å²) in [7, 11) is 0. The molecule has 2 aromatic rings. The molecule has 1 aliphatic rings. The maximum absolute atomic E-state index is 6.01. The van der Waals surface area contributed by atoms with Crippen LogP contribution in [0.15, 0.2) is 48.5 Å². The Morgan fingerprint density at radius 3 is 2.80 bits per heavy atom. The summed E-state index contributed by atoms with van der Waals surface area (Å²) >= 11 is 0. The molecule has 1 atom stereocenters. The van der Waals surface area contributed by atoms with Crippen LogP contribution in [0.25, 0.3) is 0 Å². The third-order valence-electron chi connectivity index (χ3n) is 3.43. The lowest BCUT2D eigenvalue weighted by atomic mass is 10.2.